The maximum Gasteiger partial charge on any atom is 0.411 e. The van der Waals surface area contributed by atoms with E-state index in [1.54, 1.807) is 30.3 Å². The molecule has 0 saturated carbocycles. The normalized spacial score (nSPS) is 10.9. The first-order valence-electron chi connectivity index (χ1n) is 9.88. The van der Waals surface area contributed by atoms with Crippen LogP contribution in [0.3, 0.4) is 0 Å². The number of benzene rings is 3. The molecule has 178 valence electrons. The number of nitrogens with zero attached hydrogens (tertiary/aromatic N) is 1. The van der Waals surface area contributed by atoms with Gasteiger partial charge in [-0.25, -0.2) is 18.2 Å². The highest BCUT2D eigenvalue weighted by Crippen LogP contribution is 2.37. The van der Waals surface area contributed by atoms with Gasteiger partial charge in [-0.15, -0.1) is 12.4 Å². The number of methoxy groups -OCH3 is 2. The molecule has 0 bridgehead atoms. The molecule has 0 aliphatic carbocycles. The van der Waals surface area contributed by atoms with Gasteiger partial charge in [0.2, 0.25) is 10.0 Å². The summed E-state index contributed by atoms with van der Waals surface area (Å²) in [4.78, 5) is 16.3. The van der Waals surface area contributed by atoms with Crippen molar-refractivity contribution in [3.63, 3.8) is 0 Å². The van der Waals surface area contributed by atoms with Gasteiger partial charge in [-0.2, -0.15) is 0 Å². The van der Waals surface area contributed by atoms with Crippen molar-refractivity contribution < 1.29 is 22.7 Å². The minimum absolute atomic E-state index is 0. The number of halogens is 1. The SMILES string of the molecule is COC(=O)Nc1ccc2c(Nc3ccc(NS(C)(=O)=O)cc3OC)c3ccccc3nc2c1.Cl. The molecule has 0 aliphatic heterocycles. The summed E-state index contributed by atoms with van der Waals surface area (Å²) in [6, 6.07) is 18.0. The summed E-state index contributed by atoms with van der Waals surface area (Å²) in [5, 5.41) is 7.77. The van der Waals surface area contributed by atoms with E-state index in [0.29, 0.717) is 28.3 Å². The maximum absolute atomic E-state index is 11.6. The van der Waals surface area contributed by atoms with Crippen molar-refractivity contribution in [1.82, 2.24) is 4.98 Å². The lowest BCUT2D eigenvalue weighted by Gasteiger charge is -2.17. The van der Waals surface area contributed by atoms with E-state index in [-0.39, 0.29) is 12.4 Å². The van der Waals surface area contributed by atoms with Crippen molar-refractivity contribution in [1.29, 1.82) is 0 Å². The van der Waals surface area contributed by atoms with Gasteiger partial charge in [-0.05, 0) is 36.4 Å². The molecule has 1 heterocycles. The molecule has 3 aromatic carbocycles. The van der Waals surface area contributed by atoms with Crippen LogP contribution in [0.4, 0.5) is 27.5 Å². The predicted molar refractivity (Wildman–Crippen MR) is 137 cm³/mol. The lowest BCUT2D eigenvalue weighted by molar-refractivity contribution is 0.187. The molecule has 9 nitrogen and oxygen atoms in total. The van der Waals surface area contributed by atoms with Crippen LogP contribution in [0.1, 0.15) is 0 Å². The van der Waals surface area contributed by atoms with E-state index >= 15 is 0 Å². The molecular weight excluding hydrogens is 480 g/mol. The largest absolute Gasteiger partial charge is 0.494 e. The number of carbonyl (C=O) groups is 1. The Labute approximate surface area is 202 Å². The fourth-order valence-electron chi connectivity index (χ4n) is 3.48. The number of ether oxygens (including phenoxy) is 2. The highest BCUT2D eigenvalue weighted by Gasteiger charge is 2.14. The summed E-state index contributed by atoms with van der Waals surface area (Å²) in [7, 11) is -0.607. The summed E-state index contributed by atoms with van der Waals surface area (Å²) in [6.45, 7) is 0. The number of para-hydroxylation sites is 1. The molecule has 3 N–H and O–H groups in total. The molecule has 1 aromatic heterocycles. The Morgan fingerprint density at radius 1 is 0.912 bits per heavy atom. The highest BCUT2D eigenvalue weighted by molar-refractivity contribution is 7.92. The highest BCUT2D eigenvalue weighted by atomic mass is 35.5. The predicted octanol–water partition coefficient (Wildman–Crippen LogP) is 5.11. The molecule has 4 aromatic rings. The number of nitrogens with one attached hydrogen (secondary N) is 3. The molecular formula is C23H23ClN4O5S. The zero-order chi connectivity index (χ0) is 23.6. The van der Waals surface area contributed by atoms with Crippen LogP contribution in [0.5, 0.6) is 5.75 Å². The first kappa shape index (κ1) is 24.9. The van der Waals surface area contributed by atoms with Crippen molar-refractivity contribution in [2.75, 3.05) is 35.8 Å². The van der Waals surface area contributed by atoms with Gasteiger partial charge in [-0.3, -0.25) is 10.0 Å². The monoisotopic (exact) mass is 502 g/mol. The second-order valence-corrected chi connectivity index (χ2v) is 9.02. The van der Waals surface area contributed by atoms with Crippen molar-refractivity contribution in [2.45, 2.75) is 0 Å². The molecule has 0 unspecified atom stereocenters. The van der Waals surface area contributed by atoms with Crippen molar-refractivity contribution in [3.05, 3.63) is 60.7 Å². The molecule has 0 spiro atoms. The van der Waals surface area contributed by atoms with Crippen LogP contribution < -0.4 is 20.1 Å². The van der Waals surface area contributed by atoms with E-state index in [4.69, 9.17) is 9.72 Å². The lowest BCUT2D eigenvalue weighted by Crippen LogP contribution is -2.10. The topological polar surface area (TPSA) is 119 Å². The first-order chi connectivity index (χ1) is 15.8. The number of hydrogen-bond donors (Lipinski definition) is 3. The van der Waals surface area contributed by atoms with Gasteiger partial charge < -0.3 is 14.8 Å². The van der Waals surface area contributed by atoms with E-state index in [9.17, 15) is 13.2 Å². The molecule has 0 saturated heterocycles. The fourth-order valence-corrected chi connectivity index (χ4v) is 4.04. The molecule has 0 aliphatic rings. The Kier molecular flexibility index (Phi) is 7.33. The summed E-state index contributed by atoms with van der Waals surface area (Å²) in [5.74, 6) is 0.460. The number of pyridine rings is 1. The zero-order valence-electron chi connectivity index (χ0n) is 18.6. The maximum atomic E-state index is 11.6. The van der Waals surface area contributed by atoms with Gasteiger partial charge >= 0.3 is 6.09 Å². The number of anilines is 4. The average Bonchev–Trinajstić information content (AvgIpc) is 2.78. The summed E-state index contributed by atoms with van der Waals surface area (Å²) < 4.78 is 35.8. The second kappa shape index (κ2) is 10.0. The van der Waals surface area contributed by atoms with Gasteiger partial charge in [-0.1, -0.05) is 18.2 Å². The van der Waals surface area contributed by atoms with Gasteiger partial charge in [0.1, 0.15) is 5.75 Å². The van der Waals surface area contributed by atoms with Crippen molar-refractivity contribution in [3.8, 4) is 5.75 Å². The Morgan fingerprint density at radius 2 is 1.62 bits per heavy atom. The molecule has 11 heteroatoms. The van der Waals surface area contributed by atoms with Crippen LogP contribution in [-0.4, -0.2) is 40.0 Å². The van der Waals surface area contributed by atoms with E-state index < -0.39 is 16.1 Å². The van der Waals surface area contributed by atoms with Crippen molar-refractivity contribution >= 4 is 73.1 Å². The average molecular weight is 503 g/mol. The van der Waals surface area contributed by atoms with E-state index in [1.807, 2.05) is 30.3 Å². The number of rotatable bonds is 6. The molecule has 4 rings (SSSR count). The van der Waals surface area contributed by atoms with E-state index in [0.717, 1.165) is 28.2 Å². The Morgan fingerprint density at radius 3 is 2.32 bits per heavy atom. The van der Waals surface area contributed by atoms with Crippen LogP contribution in [0.15, 0.2) is 60.7 Å². The van der Waals surface area contributed by atoms with Gasteiger partial charge in [0.15, 0.2) is 0 Å². The zero-order valence-corrected chi connectivity index (χ0v) is 20.2. The quantitative estimate of drug-likeness (QED) is 0.313. The fraction of sp³-hybridized carbons (Fsp3) is 0.130. The van der Waals surface area contributed by atoms with Crippen LogP contribution in [0, 0.1) is 0 Å². The van der Waals surface area contributed by atoms with Crippen LogP contribution >= 0.6 is 12.4 Å². The number of carbonyl (C=O) groups excluding carboxylic acids is 1. The van der Waals surface area contributed by atoms with Crippen LogP contribution in [-0.2, 0) is 14.8 Å². The number of hydrogen-bond acceptors (Lipinski definition) is 7. The van der Waals surface area contributed by atoms with Crippen LogP contribution in [0.25, 0.3) is 21.8 Å². The molecule has 0 atom stereocenters. The number of fused-ring (bicyclic) bond motifs is 2. The Bertz CT molecular complexity index is 1480. The third-order valence-corrected chi connectivity index (χ3v) is 5.48. The number of sulfonamides is 1. The molecule has 0 fully saturated rings. The minimum Gasteiger partial charge on any atom is -0.494 e. The smallest absolute Gasteiger partial charge is 0.411 e. The Balaban J connectivity index is 0.00000324. The second-order valence-electron chi connectivity index (χ2n) is 7.27. The molecule has 1 amide bonds. The third-order valence-electron chi connectivity index (χ3n) is 4.88. The molecule has 34 heavy (non-hydrogen) atoms. The molecule has 0 radical (unpaired) electrons. The van der Waals surface area contributed by atoms with Gasteiger partial charge in [0.25, 0.3) is 0 Å². The lowest BCUT2D eigenvalue weighted by atomic mass is 10.1. The Hall–Kier alpha value is -3.76. The van der Waals surface area contributed by atoms with Crippen LogP contribution in [0.2, 0.25) is 0 Å². The van der Waals surface area contributed by atoms with Gasteiger partial charge in [0, 0.05) is 22.5 Å². The summed E-state index contributed by atoms with van der Waals surface area (Å²) in [5.41, 5.74) is 3.81. The summed E-state index contributed by atoms with van der Waals surface area (Å²) in [6.07, 6.45) is 0.519. The van der Waals surface area contributed by atoms with Gasteiger partial charge in [0.05, 0.1) is 48.6 Å². The van der Waals surface area contributed by atoms with Crippen molar-refractivity contribution in [2.24, 2.45) is 0 Å². The van der Waals surface area contributed by atoms with E-state index in [2.05, 4.69) is 20.1 Å². The number of aromatic nitrogens is 1. The third kappa shape index (κ3) is 5.41. The minimum atomic E-state index is -3.42. The summed E-state index contributed by atoms with van der Waals surface area (Å²) >= 11 is 0. The van der Waals surface area contributed by atoms with E-state index in [1.165, 1.54) is 14.2 Å². The first-order valence-corrected chi connectivity index (χ1v) is 11.8. The number of amides is 1. The standard InChI is InChI=1S/C23H22N4O5S.ClH/c1-31-21-13-15(27-33(3,29)30)9-11-19(21)26-22-16-6-4-5-7-18(16)25-20-12-14(8-10-17(20)22)24-23(28)32-2;/h4-13,27H,1-3H3,(H,24,28)(H,25,26);1H.